The van der Waals surface area contributed by atoms with Crippen molar-refractivity contribution in [3.63, 3.8) is 0 Å². The molecule has 0 saturated carbocycles. The lowest BCUT2D eigenvalue weighted by Gasteiger charge is -2.17. The topological polar surface area (TPSA) is 73.9 Å². The van der Waals surface area contributed by atoms with Gasteiger partial charge in [-0.3, -0.25) is 0 Å². The van der Waals surface area contributed by atoms with E-state index in [1.165, 1.54) is 0 Å². The normalized spacial score (nSPS) is 24.2. The number of rotatable bonds is 3. The first kappa shape index (κ1) is 14.6. The Morgan fingerprint density at radius 1 is 1.37 bits per heavy atom. The molecule has 2 heterocycles. The fourth-order valence-corrected chi connectivity index (χ4v) is 2.49. The van der Waals surface area contributed by atoms with E-state index < -0.39 is 7.12 Å². The van der Waals surface area contributed by atoms with Crippen LogP contribution in [-0.4, -0.2) is 38.1 Å². The minimum atomic E-state index is -0.427. The van der Waals surface area contributed by atoms with Gasteiger partial charge in [0.15, 0.2) is 0 Å². The molecule has 1 aromatic carbocycles. The molecule has 0 amide bonds. The van der Waals surface area contributed by atoms with E-state index in [4.69, 9.17) is 24.9 Å². The Balaban J connectivity index is 0.00000133. The third kappa shape index (κ3) is 2.59. The summed E-state index contributed by atoms with van der Waals surface area (Å²) in [4.78, 5) is 0. The summed E-state index contributed by atoms with van der Waals surface area (Å²) in [5.74, 6) is 0.800. The molecule has 104 valence electrons. The molecular formula is C12H17BClNO4. The van der Waals surface area contributed by atoms with E-state index in [9.17, 15) is 0 Å². The maximum atomic E-state index is 9.00. The Morgan fingerprint density at radius 3 is 2.95 bits per heavy atom. The van der Waals surface area contributed by atoms with Gasteiger partial charge in [-0.15, -0.1) is 12.4 Å². The fraction of sp³-hybridized carbons (Fsp3) is 0.500. The van der Waals surface area contributed by atoms with Gasteiger partial charge in [0, 0.05) is 18.6 Å². The van der Waals surface area contributed by atoms with Gasteiger partial charge in [-0.25, -0.2) is 0 Å². The number of ether oxygens (including phenoxy) is 1. The van der Waals surface area contributed by atoms with Crippen LogP contribution < -0.4 is 15.9 Å². The van der Waals surface area contributed by atoms with Gasteiger partial charge in [0.1, 0.15) is 12.4 Å². The molecule has 0 aliphatic carbocycles. The predicted octanol–water partition coefficient (Wildman–Crippen LogP) is -0.00640. The molecule has 0 aromatic heterocycles. The summed E-state index contributed by atoms with van der Waals surface area (Å²) in [5, 5.41) is 9.00. The second-order valence-corrected chi connectivity index (χ2v) is 4.53. The van der Waals surface area contributed by atoms with Crippen LogP contribution in [0.2, 0.25) is 0 Å². The molecule has 19 heavy (non-hydrogen) atoms. The molecule has 0 radical (unpaired) electrons. The SMILES string of the molecule is Cl.NCC1OB2OC(CCO)COc3cccc1c32. The molecule has 0 bridgehead atoms. The molecule has 1 aromatic rings. The predicted molar refractivity (Wildman–Crippen MR) is 74.0 cm³/mol. The molecule has 0 fully saturated rings. The number of hydrogen-bond acceptors (Lipinski definition) is 5. The molecule has 0 saturated heterocycles. The highest BCUT2D eigenvalue weighted by Gasteiger charge is 2.42. The van der Waals surface area contributed by atoms with E-state index in [0.29, 0.717) is 19.6 Å². The largest absolute Gasteiger partial charge is 0.498 e. The first-order valence-corrected chi connectivity index (χ1v) is 6.21. The average molecular weight is 286 g/mol. The van der Waals surface area contributed by atoms with Crippen LogP contribution in [0.4, 0.5) is 0 Å². The maximum absolute atomic E-state index is 9.00. The van der Waals surface area contributed by atoms with Gasteiger partial charge in [0.05, 0.1) is 12.2 Å². The van der Waals surface area contributed by atoms with Gasteiger partial charge in [-0.1, -0.05) is 12.1 Å². The van der Waals surface area contributed by atoms with Crippen LogP contribution in [0.3, 0.4) is 0 Å². The number of aliphatic hydroxyl groups is 1. The average Bonchev–Trinajstić information content (AvgIpc) is 2.65. The lowest BCUT2D eigenvalue weighted by molar-refractivity contribution is 0.0728. The maximum Gasteiger partial charge on any atom is 0.498 e. The van der Waals surface area contributed by atoms with Gasteiger partial charge in [0.25, 0.3) is 0 Å². The first-order valence-electron chi connectivity index (χ1n) is 6.21. The van der Waals surface area contributed by atoms with Crippen molar-refractivity contribution >= 4 is 25.0 Å². The molecule has 3 rings (SSSR count). The van der Waals surface area contributed by atoms with E-state index >= 15 is 0 Å². The highest BCUT2D eigenvalue weighted by molar-refractivity contribution is 6.64. The second-order valence-electron chi connectivity index (χ2n) is 4.53. The Bertz CT molecular complexity index is 448. The van der Waals surface area contributed by atoms with Crippen molar-refractivity contribution in [2.45, 2.75) is 18.6 Å². The molecule has 2 atom stereocenters. The van der Waals surface area contributed by atoms with E-state index in [-0.39, 0.29) is 31.2 Å². The number of halogens is 1. The molecule has 2 aliphatic rings. The Labute approximate surface area is 118 Å². The molecule has 5 nitrogen and oxygen atoms in total. The zero-order valence-electron chi connectivity index (χ0n) is 10.5. The summed E-state index contributed by atoms with van der Waals surface area (Å²) in [6, 6.07) is 5.85. The monoisotopic (exact) mass is 285 g/mol. The molecule has 7 heteroatoms. The summed E-state index contributed by atoms with van der Waals surface area (Å²) in [6.07, 6.45) is 0.245. The van der Waals surface area contributed by atoms with Crippen molar-refractivity contribution in [2.75, 3.05) is 19.8 Å². The van der Waals surface area contributed by atoms with Crippen molar-refractivity contribution in [2.24, 2.45) is 5.73 Å². The van der Waals surface area contributed by atoms with Crippen LogP contribution in [-0.2, 0) is 9.31 Å². The fourth-order valence-electron chi connectivity index (χ4n) is 2.49. The van der Waals surface area contributed by atoms with Gasteiger partial charge in [0.2, 0.25) is 0 Å². The zero-order chi connectivity index (χ0) is 12.5. The van der Waals surface area contributed by atoms with Crippen molar-refractivity contribution < 1.29 is 19.2 Å². The van der Waals surface area contributed by atoms with Crippen LogP contribution in [0.5, 0.6) is 5.75 Å². The van der Waals surface area contributed by atoms with Crippen molar-refractivity contribution in [3.8, 4) is 5.75 Å². The first-order chi connectivity index (χ1) is 8.83. The van der Waals surface area contributed by atoms with Crippen LogP contribution in [0.15, 0.2) is 18.2 Å². The minimum Gasteiger partial charge on any atom is -0.491 e. The summed E-state index contributed by atoms with van der Waals surface area (Å²) >= 11 is 0. The molecule has 2 aliphatic heterocycles. The van der Waals surface area contributed by atoms with E-state index in [1.54, 1.807) is 0 Å². The van der Waals surface area contributed by atoms with Crippen molar-refractivity contribution in [3.05, 3.63) is 23.8 Å². The number of hydrogen-bond donors (Lipinski definition) is 2. The second kappa shape index (κ2) is 6.11. The zero-order valence-corrected chi connectivity index (χ0v) is 11.3. The number of benzene rings is 1. The molecule has 3 N–H and O–H groups in total. The Morgan fingerprint density at radius 2 is 2.21 bits per heavy atom. The smallest absolute Gasteiger partial charge is 0.491 e. The summed E-state index contributed by atoms with van der Waals surface area (Å²) in [5.41, 5.74) is 7.71. The standard InChI is InChI=1S/C12H16BNO4.ClH/c14-6-11-9-2-1-3-10-12(9)13(18-11)17-8(4-5-15)7-16-10;/h1-3,8,11,15H,4-7,14H2;1H. The third-order valence-electron chi connectivity index (χ3n) is 3.38. The molecule has 0 spiro atoms. The van der Waals surface area contributed by atoms with Gasteiger partial charge >= 0.3 is 7.12 Å². The third-order valence-corrected chi connectivity index (χ3v) is 3.38. The lowest BCUT2D eigenvalue weighted by Crippen LogP contribution is -2.35. The van der Waals surface area contributed by atoms with Crippen LogP contribution in [0, 0.1) is 0 Å². The summed E-state index contributed by atoms with van der Waals surface area (Å²) < 4.78 is 17.4. The molecule has 2 unspecified atom stereocenters. The summed E-state index contributed by atoms with van der Waals surface area (Å²) in [7, 11) is -0.427. The Hall–Kier alpha value is -0.785. The van der Waals surface area contributed by atoms with Crippen LogP contribution >= 0.6 is 12.4 Å². The Kier molecular flexibility index (Phi) is 4.70. The van der Waals surface area contributed by atoms with E-state index in [1.807, 2.05) is 18.2 Å². The van der Waals surface area contributed by atoms with Gasteiger partial charge in [-0.2, -0.15) is 0 Å². The molecular weight excluding hydrogens is 268 g/mol. The highest BCUT2D eigenvalue weighted by Crippen LogP contribution is 2.30. The summed E-state index contributed by atoms with van der Waals surface area (Å²) in [6.45, 7) is 0.926. The number of aliphatic hydroxyl groups excluding tert-OH is 1. The van der Waals surface area contributed by atoms with Crippen molar-refractivity contribution in [1.82, 2.24) is 0 Å². The van der Waals surface area contributed by atoms with Crippen LogP contribution in [0.25, 0.3) is 0 Å². The minimum absolute atomic E-state index is 0. The van der Waals surface area contributed by atoms with E-state index in [0.717, 1.165) is 16.8 Å². The van der Waals surface area contributed by atoms with Gasteiger partial charge < -0.3 is 24.9 Å². The van der Waals surface area contributed by atoms with Crippen molar-refractivity contribution in [1.29, 1.82) is 0 Å². The van der Waals surface area contributed by atoms with Crippen LogP contribution in [0.1, 0.15) is 18.1 Å². The lowest BCUT2D eigenvalue weighted by atomic mass is 9.77. The van der Waals surface area contributed by atoms with E-state index in [2.05, 4.69) is 0 Å². The quantitative estimate of drug-likeness (QED) is 0.765. The highest BCUT2D eigenvalue weighted by atomic mass is 35.5. The number of nitrogens with two attached hydrogens (primary N) is 1. The van der Waals surface area contributed by atoms with Gasteiger partial charge in [-0.05, 0) is 18.1 Å².